The van der Waals surface area contributed by atoms with Crippen molar-refractivity contribution < 1.29 is 0 Å². The van der Waals surface area contributed by atoms with E-state index in [1.54, 1.807) is 0 Å². The van der Waals surface area contributed by atoms with Crippen LogP contribution in [0.15, 0.2) is 24.3 Å². The molecule has 1 unspecified atom stereocenters. The summed E-state index contributed by atoms with van der Waals surface area (Å²) >= 11 is 0. The first kappa shape index (κ1) is 15.4. The molecule has 1 atom stereocenters. The van der Waals surface area contributed by atoms with Gasteiger partial charge in [-0.1, -0.05) is 39.0 Å². The molecule has 2 heteroatoms. The lowest BCUT2D eigenvalue weighted by Crippen LogP contribution is -2.36. The number of nitrogens with zero attached hydrogens (tertiary/aromatic N) is 1. The van der Waals surface area contributed by atoms with Crippen molar-refractivity contribution >= 4 is 5.69 Å². The van der Waals surface area contributed by atoms with Gasteiger partial charge < -0.3 is 10.2 Å². The van der Waals surface area contributed by atoms with Gasteiger partial charge in [-0.05, 0) is 49.8 Å². The van der Waals surface area contributed by atoms with Crippen LogP contribution >= 0.6 is 0 Å². The van der Waals surface area contributed by atoms with Crippen LogP contribution in [0.3, 0.4) is 0 Å². The van der Waals surface area contributed by atoms with Crippen LogP contribution < -0.4 is 10.2 Å². The summed E-state index contributed by atoms with van der Waals surface area (Å²) in [4.78, 5) is 2.59. The van der Waals surface area contributed by atoms with E-state index in [0.29, 0.717) is 6.04 Å². The molecule has 1 fully saturated rings. The standard InChI is InChI=1S/C18H30N2/c1-5-19-15(4)17-8-6-7-9-18(17)20-12-10-16(11-13-20)14(2)3/h6-9,14-16,19H,5,10-13H2,1-4H3. The van der Waals surface area contributed by atoms with E-state index in [9.17, 15) is 0 Å². The Kier molecular flexibility index (Phi) is 5.47. The Hall–Kier alpha value is -1.02. The van der Waals surface area contributed by atoms with E-state index in [1.807, 2.05) is 0 Å². The van der Waals surface area contributed by atoms with Crippen LogP contribution in [0.2, 0.25) is 0 Å². The molecule has 20 heavy (non-hydrogen) atoms. The second-order valence-corrected chi connectivity index (χ2v) is 6.41. The number of benzene rings is 1. The topological polar surface area (TPSA) is 15.3 Å². The quantitative estimate of drug-likeness (QED) is 0.864. The fourth-order valence-corrected chi connectivity index (χ4v) is 3.36. The van der Waals surface area contributed by atoms with E-state index >= 15 is 0 Å². The Morgan fingerprint density at radius 2 is 1.80 bits per heavy atom. The molecular formula is C18H30N2. The molecule has 1 aromatic rings. The Bertz CT molecular complexity index is 406. The van der Waals surface area contributed by atoms with Crippen LogP contribution in [0.5, 0.6) is 0 Å². The van der Waals surface area contributed by atoms with Crippen LogP contribution in [0.4, 0.5) is 5.69 Å². The molecule has 0 radical (unpaired) electrons. The molecule has 112 valence electrons. The number of nitrogens with one attached hydrogen (secondary N) is 1. The molecule has 1 aliphatic heterocycles. The lowest BCUT2D eigenvalue weighted by atomic mass is 9.86. The van der Waals surface area contributed by atoms with Crippen molar-refractivity contribution in [1.29, 1.82) is 0 Å². The number of hydrogen-bond donors (Lipinski definition) is 1. The predicted molar refractivity (Wildman–Crippen MR) is 88.3 cm³/mol. The van der Waals surface area contributed by atoms with Gasteiger partial charge in [0, 0.05) is 24.8 Å². The smallest absolute Gasteiger partial charge is 0.0414 e. The molecule has 0 amide bonds. The summed E-state index contributed by atoms with van der Waals surface area (Å²) in [5.41, 5.74) is 2.88. The molecule has 2 nitrogen and oxygen atoms in total. The largest absolute Gasteiger partial charge is 0.371 e. The Morgan fingerprint density at radius 1 is 1.15 bits per heavy atom. The maximum atomic E-state index is 3.54. The molecule has 1 aromatic carbocycles. The van der Waals surface area contributed by atoms with Crippen molar-refractivity contribution in [2.24, 2.45) is 11.8 Å². The monoisotopic (exact) mass is 274 g/mol. The summed E-state index contributed by atoms with van der Waals surface area (Å²) in [6.07, 6.45) is 2.67. The molecule has 1 N–H and O–H groups in total. The average molecular weight is 274 g/mol. The second kappa shape index (κ2) is 7.12. The van der Waals surface area contributed by atoms with Crippen LogP contribution in [0, 0.1) is 11.8 Å². The van der Waals surface area contributed by atoms with E-state index < -0.39 is 0 Å². The minimum absolute atomic E-state index is 0.430. The Morgan fingerprint density at radius 3 is 2.40 bits per heavy atom. The summed E-state index contributed by atoms with van der Waals surface area (Å²) in [6, 6.07) is 9.33. The number of hydrogen-bond acceptors (Lipinski definition) is 2. The van der Waals surface area contributed by atoms with Crippen LogP contribution in [0.25, 0.3) is 0 Å². The van der Waals surface area contributed by atoms with Crippen LogP contribution in [0.1, 0.15) is 52.1 Å². The van der Waals surface area contributed by atoms with Gasteiger partial charge in [0.1, 0.15) is 0 Å². The van der Waals surface area contributed by atoms with Crippen LogP contribution in [-0.2, 0) is 0 Å². The van der Waals surface area contributed by atoms with Gasteiger partial charge in [-0.2, -0.15) is 0 Å². The zero-order chi connectivity index (χ0) is 14.5. The summed E-state index contributed by atoms with van der Waals surface area (Å²) < 4.78 is 0. The molecule has 0 bridgehead atoms. The molecule has 1 saturated heterocycles. The fourth-order valence-electron chi connectivity index (χ4n) is 3.36. The highest BCUT2D eigenvalue weighted by molar-refractivity contribution is 5.55. The third kappa shape index (κ3) is 3.54. The molecule has 2 rings (SSSR count). The highest BCUT2D eigenvalue weighted by atomic mass is 15.1. The molecule has 1 heterocycles. The van der Waals surface area contributed by atoms with Crippen molar-refractivity contribution in [3.63, 3.8) is 0 Å². The zero-order valence-corrected chi connectivity index (χ0v) is 13.5. The Balaban J connectivity index is 2.10. The molecule has 0 aromatic heterocycles. The van der Waals surface area contributed by atoms with E-state index in [0.717, 1.165) is 18.4 Å². The number of piperidine rings is 1. The first-order valence-corrected chi connectivity index (χ1v) is 8.20. The number of anilines is 1. The molecule has 0 spiro atoms. The van der Waals surface area contributed by atoms with Gasteiger partial charge in [-0.3, -0.25) is 0 Å². The second-order valence-electron chi connectivity index (χ2n) is 6.41. The van der Waals surface area contributed by atoms with E-state index in [4.69, 9.17) is 0 Å². The molecule has 1 aliphatic rings. The van der Waals surface area contributed by atoms with Crippen molar-refractivity contribution in [2.75, 3.05) is 24.5 Å². The SMILES string of the molecule is CCNC(C)c1ccccc1N1CCC(C(C)C)CC1. The van der Waals surface area contributed by atoms with Crippen molar-refractivity contribution in [2.45, 2.75) is 46.6 Å². The van der Waals surface area contributed by atoms with E-state index in [2.05, 4.69) is 62.2 Å². The van der Waals surface area contributed by atoms with Gasteiger partial charge in [0.25, 0.3) is 0 Å². The lowest BCUT2D eigenvalue weighted by molar-refractivity contribution is 0.311. The van der Waals surface area contributed by atoms with Crippen LogP contribution in [-0.4, -0.2) is 19.6 Å². The summed E-state index contributed by atoms with van der Waals surface area (Å²) in [5.74, 6) is 1.73. The highest BCUT2D eigenvalue weighted by Gasteiger charge is 2.23. The third-order valence-corrected chi connectivity index (χ3v) is 4.74. The van der Waals surface area contributed by atoms with Gasteiger partial charge >= 0.3 is 0 Å². The summed E-state index contributed by atoms with van der Waals surface area (Å²) in [7, 11) is 0. The number of rotatable bonds is 5. The maximum Gasteiger partial charge on any atom is 0.0414 e. The van der Waals surface area contributed by atoms with Gasteiger partial charge in [0.05, 0.1) is 0 Å². The summed E-state index contributed by atoms with van der Waals surface area (Å²) in [6.45, 7) is 12.6. The van der Waals surface area contributed by atoms with Gasteiger partial charge in [0.15, 0.2) is 0 Å². The normalized spacial score (nSPS) is 18.6. The average Bonchev–Trinajstić information content (AvgIpc) is 2.47. The van der Waals surface area contributed by atoms with Gasteiger partial charge in [0.2, 0.25) is 0 Å². The van der Waals surface area contributed by atoms with Crippen molar-refractivity contribution in [1.82, 2.24) is 5.32 Å². The first-order valence-electron chi connectivity index (χ1n) is 8.20. The molecule has 0 aliphatic carbocycles. The Labute approximate surface area is 124 Å². The minimum Gasteiger partial charge on any atom is -0.371 e. The molecular weight excluding hydrogens is 244 g/mol. The first-order chi connectivity index (χ1) is 9.63. The van der Waals surface area contributed by atoms with E-state index in [1.165, 1.54) is 37.2 Å². The maximum absolute atomic E-state index is 3.54. The zero-order valence-electron chi connectivity index (χ0n) is 13.5. The fraction of sp³-hybridized carbons (Fsp3) is 0.667. The van der Waals surface area contributed by atoms with Crippen molar-refractivity contribution in [3.8, 4) is 0 Å². The van der Waals surface area contributed by atoms with Gasteiger partial charge in [-0.15, -0.1) is 0 Å². The predicted octanol–water partition coefficient (Wildman–Crippen LogP) is 4.23. The van der Waals surface area contributed by atoms with Crippen molar-refractivity contribution in [3.05, 3.63) is 29.8 Å². The molecule has 0 saturated carbocycles. The lowest BCUT2D eigenvalue weighted by Gasteiger charge is -2.37. The minimum atomic E-state index is 0.430. The van der Waals surface area contributed by atoms with E-state index in [-0.39, 0.29) is 0 Å². The third-order valence-electron chi connectivity index (χ3n) is 4.74. The highest BCUT2D eigenvalue weighted by Crippen LogP contribution is 2.31. The summed E-state index contributed by atoms with van der Waals surface area (Å²) in [5, 5.41) is 3.54. The number of para-hydroxylation sites is 1. The van der Waals surface area contributed by atoms with Gasteiger partial charge in [-0.25, -0.2) is 0 Å².